The smallest absolute Gasteiger partial charge is 0.307 e. The molecule has 2 atom stereocenters. The van der Waals surface area contributed by atoms with Crippen molar-refractivity contribution in [2.24, 2.45) is 5.92 Å². The van der Waals surface area contributed by atoms with E-state index in [-0.39, 0.29) is 11.8 Å². The van der Waals surface area contributed by atoms with Crippen molar-refractivity contribution in [3.8, 4) is 0 Å². The lowest BCUT2D eigenvalue weighted by atomic mass is 10.1. The first-order chi connectivity index (χ1) is 7.27. The van der Waals surface area contributed by atoms with Crippen molar-refractivity contribution >= 4 is 16.9 Å². The molecular weight excluding hydrogens is 190 g/mol. The van der Waals surface area contributed by atoms with Gasteiger partial charge >= 0.3 is 5.97 Å². The van der Waals surface area contributed by atoms with Crippen LogP contribution in [0.15, 0.2) is 30.5 Å². The molecule has 0 saturated heterocycles. The van der Waals surface area contributed by atoms with Crippen LogP contribution in [0.2, 0.25) is 0 Å². The number of carboxylic acids is 1. The van der Waals surface area contributed by atoms with Gasteiger partial charge in [0.15, 0.2) is 0 Å². The summed E-state index contributed by atoms with van der Waals surface area (Å²) in [5, 5.41) is 10.0. The molecule has 0 unspecified atom stereocenters. The molecule has 3 nitrogen and oxygen atoms in total. The first-order valence-corrected chi connectivity index (χ1v) is 5.06. The van der Waals surface area contributed by atoms with Gasteiger partial charge in [-0.1, -0.05) is 18.2 Å². The monoisotopic (exact) mass is 201 g/mol. The molecule has 1 aliphatic carbocycles. The standard InChI is InChI=1S/C12H11NO2/c14-12(15)9-5-8(9)10-6-13-11-4-2-1-3-7(10)11/h1-4,6,8-9,13H,5H2,(H,14,15)/t8-,9-/m1/s1. The summed E-state index contributed by atoms with van der Waals surface area (Å²) in [6, 6.07) is 8.01. The van der Waals surface area contributed by atoms with E-state index in [0.29, 0.717) is 0 Å². The maximum Gasteiger partial charge on any atom is 0.307 e. The van der Waals surface area contributed by atoms with Crippen molar-refractivity contribution in [2.75, 3.05) is 0 Å². The summed E-state index contributed by atoms with van der Waals surface area (Å²) < 4.78 is 0. The van der Waals surface area contributed by atoms with E-state index in [0.717, 1.165) is 22.9 Å². The molecule has 0 radical (unpaired) electrons. The van der Waals surface area contributed by atoms with Crippen LogP contribution in [-0.4, -0.2) is 16.1 Å². The molecule has 0 amide bonds. The predicted molar refractivity (Wildman–Crippen MR) is 56.8 cm³/mol. The Bertz CT molecular complexity index is 529. The van der Waals surface area contributed by atoms with Gasteiger partial charge in [0, 0.05) is 23.0 Å². The van der Waals surface area contributed by atoms with Crippen LogP contribution in [0.3, 0.4) is 0 Å². The molecule has 1 aliphatic rings. The number of para-hydroxylation sites is 1. The summed E-state index contributed by atoms with van der Waals surface area (Å²) in [7, 11) is 0. The number of H-pyrrole nitrogens is 1. The average Bonchev–Trinajstić information content (AvgIpc) is 2.92. The Morgan fingerprint density at radius 2 is 2.20 bits per heavy atom. The van der Waals surface area contributed by atoms with Gasteiger partial charge in [0.05, 0.1) is 5.92 Å². The molecule has 0 aliphatic heterocycles. The van der Waals surface area contributed by atoms with Gasteiger partial charge in [-0.3, -0.25) is 4.79 Å². The number of aliphatic carboxylic acids is 1. The van der Waals surface area contributed by atoms with E-state index in [1.807, 2.05) is 30.5 Å². The Balaban J connectivity index is 2.03. The lowest BCUT2D eigenvalue weighted by molar-refractivity contribution is -0.138. The van der Waals surface area contributed by atoms with E-state index in [9.17, 15) is 4.79 Å². The minimum Gasteiger partial charge on any atom is -0.481 e. The Hall–Kier alpha value is -1.77. The summed E-state index contributed by atoms with van der Waals surface area (Å²) in [5.74, 6) is -0.645. The van der Waals surface area contributed by atoms with Crippen molar-refractivity contribution in [3.05, 3.63) is 36.0 Å². The highest BCUT2D eigenvalue weighted by Crippen LogP contribution is 2.49. The molecule has 2 aromatic rings. The van der Waals surface area contributed by atoms with Gasteiger partial charge in [0.1, 0.15) is 0 Å². The number of nitrogens with one attached hydrogen (secondary N) is 1. The zero-order chi connectivity index (χ0) is 10.4. The number of carbonyl (C=O) groups is 1. The molecule has 3 heteroatoms. The van der Waals surface area contributed by atoms with Crippen molar-refractivity contribution < 1.29 is 9.90 Å². The molecule has 3 rings (SSSR count). The fourth-order valence-electron chi connectivity index (χ4n) is 2.21. The van der Waals surface area contributed by atoms with Gasteiger partial charge in [0.25, 0.3) is 0 Å². The molecule has 1 heterocycles. The maximum atomic E-state index is 10.8. The molecule has 0 spiro atoms. The van der Waals surface area contributed by atoms with Gasteiger partial charge in [0.2, 0.25) is 0 Å². The van der Waals surface area contributed by atoms with Crippen LogP contribution in [-0.2, 0) is 4.79 Å². The van der Waals surface area contributed by atoms with E-state index in [4.69, 9.17) is 5.11 Å². The van der Waals surface area contributed by atoms with Gasteiger partial charge in [-0.05, 0) is 18.1 Å². The second kappa shape index (κ2) is 2.86. The van der Waals surface area contributed by atoms with Gasteiger partial charge < -0.3 is 10.1 Å². The van der Waals surface area contributed by atoms with Crippen LogP contribution in [0.1, 0.15) is 17.9 Å². The number of aromatic amines is 1. The largest absolute Gasteiger partial charge is 0.481 e. The van der Waals surface area contributed by atoms with Crippen LogP contribution in [0.5, 0.6) is 0 Å². The summed E-state index contributed by atoms with van der Waals surface area (Å²) >= 11 is 0. The van der Waals surface area contributed by atoms with Gasteiger partial charge in [-0.25, -0.2) is 0 Å². The van der Waals surface area contributed by atoms with Crippen LogP contribution in [0, 0.1) is 5.92 Å². The van der Waals surface area contributed by atoms with Crippen LogP contribution < -0.4 is 0 Å². The molecule has 2 N–H and O–H groups in total. The van der Waals surface area contributed by atoms with Crippen molar-refractivity contribution in [1.82, 2.24) is 4.98 Å². The molecule has 1 aromatic heterocycles. The first kappa shape index (κ1) is 8.53. The molecule has 0 bridgehead atoms. The minimum atomic E-state index is -0.676. The summed E-state index contributed by atoms with van der Waals surface area (Å²) in [5.41, 5.74) is 2.24. The Labute approximate surface area is 86.7 Å². The lowest BCUT2D eigenvalue weighted by Crippen LogP contribution is -1.98. The number of hydrogen-bond acceptors (Lipinski definition) is 1. The Morgan fingerprint density at radius 1 is 1.40 bits per heavy atom. The van der Waals surface area contributed by atoms with Crippen molar-refractivity contribution in [1.29, 1.82) is 0 Å². The molecule has 1 saturated carbocycles. The maximum absolute atomic E-state index is 10.8. The average molecular weight is 201 g/mol. The van der Waals surface area contributed by atoms with Gasteiger partial charge in [-0.2, -0.15) is 0 Å². The predicted octanol–water partition coefficient (Wildman–Crippen LogP) is 2.36. The van der Waals surface area contributed by atoms with Crippen LogP contribution in [0.25, 0.3) is 10.9 Å². The highest BCUT2D eigenvalue weighted by atomic mass is 16.4. The molecular formula is C12H11NO2. The third-order valence-electron chi connectivity index (χ3n) is 3.13. The minimum absolute atomic E-state index is 0.177. The number of fused-ring (bicyclic) bond motifs is 1. The number of hydrogen-bond donors (Lipinski definition) is 2. The van der Waals surface area contributed by atoms with Crippen LogP contribution in [0.4, 0.5) is 0 Å². The first-order valence-electron chi connectivity index (χ1n) is 5.06. The topological polar surface area (TPSA) is 53.1 Å². The fourth-order valence-corrected chi connectivity index (χ4v) is 2.21. The van der Waals surface area contributed by atoms with Gasteiger partial charge in [-0.15, -0.1) is 0 Å². The lowest BCUT2D eigenvalue weighted by Gasteiger charge is -1.95. The van der Waals surface area contributed by atoms with E-state index in [1.165, 1.54) is 0 Å². The van der Waals surface area contributed by atoms with Crippen molar-refractivity contribution in [2.45, 2.75) is 12.3 Å². The van der Waals surface area contributed by atoms with Crippen LogP contribution >= 0.6 is 0 Å². The molecule has 76 valence electrons. The van der Waals surface area contributed by atoms with E-state index < -0.39 is 5.97 Å². The zero-order valence-corrected chi connectivity index (χ0v) is 8.10. The Morgan fingerprint density at radius 3 is 2.93 bits per heavy atom. The van der Waals surface area contributed by atoms with Crippen molar-refractivity contribution in [3.63, 3.8) is 0 Å². The fraction of sp³-hybridized carbons (Fsp3) is 0.250. The van der Waals surface area contributed by atoms with E-state index >= 15 is 0 Å². The number of rotatable bonds is 2. The highest BCUT2D eigenvalue weighted by molar-refractivity contribution is 5.86. The number of aromatic nitrogens is 1. The quantitative estimate of drug-likeness (QED) is 0.783. The summed E-state index contributed by atoms with van der Waals surface area (Å²) in [6.45, 7) is 0. The summed E-state index contributed by atoms with van der Waals surface area (Å²) in [4.78, 5) is 14.0. The highest BCUT2D eigenvalue weighted by Gasteiger charge is 2.45. The molecule has 1 fully saturated rings. The third kappa shape index (κ3) is 1.23. The van der Waals surface area contributed by atoms with E-state index in [2.05, 4.69) is 4.98 Å². The molecule has 1 aromatic carbocycles. The second-order valence-electron chi connectivity index (χ2n) is 4.08. The second-order valence-corrected chi connectivity index (χ2v) is 4.08. The van der Waals surface area contributed by atoms with E-state index in [1.54, 1.807) is 0 Å². The number of carboxylic acid groups (broad SMARTS) is 1. The Kier molecular flexibility index (Phi) is 1.63. The SMILES string of the molecule is O=C(O)[C@@H]1C[C@H]1c1c[nH]c2ccccc12. The summed E-state index contributed by atoms with van der Waals surface area (Å²) in [6.07, 6.45) is 2.72. The third-order valence-corrected chi connectivity index (χ3v) is 3.13. The normalized spacial score (nSPS) is 24.3. The molecule has 15 heavy (non-hydrogen) atoms. The zero-order valence-electron chi connectivity index (χ0n) is 8.10. The number of benzene rings is 1.